The van der Waals surface area contributed by atoms with Gasteiger partial charge in [-0.25, -0.2) is 4.99 Å². The third kappa shape index (κ3) is 4.13. The third-order valence-electron chi connectivity index (χ3n) is 2.44. The predicted octanol–water partition coefficient (Wildman–Crippen LogP) is 2.95. The first-order valence-corrected chi connectivity index (χ1v) is 5.65. The predicted molar refractivity (Wildman–Crippen MR) is 64.3 cm³/mol. The van der Waals surface area contributed by atoms with Gasteiger partial charge in [-0.3, -0.25) is 5.41 Å². The summed E-state index contributed by atoms with van der Waals surface area (Å²) in [5.41, 5.74) is 0. The second-order valence-corrected chi connectivity index (χ2v) is 3.68. The van der Waals surface area contributed by atoms with Crippen molar-refractivity contribution in [1.29, 1.82) is 5.41 Å². The van der Waals surface area contributed by atoms with Gasteiger partial charge in [0.2, 0.25) is 0 Å². The lowest BCUT2D eigenvalue weighted by molar-refractivity contribution is 0.436. The molecule has 0 saturated heterocycles. The van der Waals surface area contributed by atoms with Crippen LogP contribution >= 0.6 is 0 Å². The molecule has 1 N–H and O–H groups in total. The Balaban J connectivity index is 2.23. The van der Waals surface area contributed by atoms with E-state index in [0.717, 1.165) is 13.0 Å². The number of rotatable bonds is 6. The van der Waals surface area contributed by atoms with Crippen molar-refractivity contribution in [3.05, 3.63) is 18.1 Å². The van der Waals surface area contributed by atoms with E-state index in [-0.39, 0.29) is 0 Å². The Kier molecular flexibility index (Phi) is 5.49. The zero-order valence-corrected chi connectivity index (χ0v) is 9.37. The molecule has 15 heavy (non-hydrogen) atoms. The summed E-state index contributed by atoms with van der Waals surface area (Å²) in [4.78, 5) is 6.06. The van der Waals surface area contributed by atoms with Crippen LogP contribution in [-0.4, -0.2) is 23.5 Å². The van der Waals surface area contributed by atoms with Gasteiger partial charge >= 0.3 is 0 Å². The van der Waals surface area contributed by atoms with Gasteiger partial charge in [0.05, 0.1) is 0 Å². The molecule has 0 bridgehead atoms. The van der Waals surface area contributed by atoms with E-state index in [1.807, 2.05) is 17.2 Å². The minimum absolute atomic E-state index is 0.619. The maximum atomic E-state index is 7.10. The van der Waals surface area contributed by atoms with E-state index in [4.69, 9.17) is 5.41 Å². The van der Waals surface area contributed by atoms with Gasteiger partial charge in [0.15, 0.2) is 5.82 Å². The lowest BCUT2D eigenvalue weighted by Crippen LogP contribution is -2.19. The molecule has 3 heteroatoms. The summed E-state index contributed by atoms with van der Waals surface area (Å²) in [5.74, 6) is 2.97. The van der Waals surface area contributed by atoms with E-state index < -0.39 is 0 Å². The van der Waals surface area contributed by atoms with Crippen LogP contribution in [0.1, 0.15) is 39.0 Å². The minimum Gasteiger partial charge on any atom is -0.325 e. The molecule has 82 valence electrons. The molecule has 0 aromatic heterocycles. The van der Waals surface area contributed by atoms with Gasteiger partial charge in [-0.1, -0.05) is 32.6 Å². The summed E-state index contributed by atoms with van der Waals surface area (Å²) in [6, 6.07) is 0. The van der Waals surface area contributed by atoms with Crippen LogP contribution in [0.15, 0.2) is 23.1 Å². The van der Waals surface area contributed by atoms with Gasteiger partial charge in [-0.15, -0.1) is 0 Å². The topological polar surface area (TPSA) is 39.5 Å². The average molecular weight is 205 g/mol. The summed E-state index contributed by atoms with van der Waals surface area (Å²) in [6.07, 6.45) is 11.9. The summed E-state index contributed by atoms with van der Waals surface area (Å²) in [5, 5.41) is 7.10. The third-order valence-corrected chi connectivity index (χ3v) is 2.44. The molecule has 1 aliphatic heterocycles. The van der Waals surface area contributed by atoms with Crippen molar-refractivity contribution in [2.45, 2.75) is 39.0 Å². The standard InChI is InChI=1S/C12H19N3/c1-2-3-4-5-6-9-15-10-7-8-14-12(15)11-13/h7-8,10,13H,2-6,9H2,1H3. The van der Waals surface area contributed by atoms with Gasteiger partial charge in [-0.2, -0.15) is 0 Å². The quantitative estimate of drug-likeness (QED) is 0.525. The Morgan fingerprint density at radius 3 is 2.87 bits per heavy atom. The van der Waals surface area contributed by atoms with Crippen LogP contribution in [0.5, 0.6) is 0 Å². The van der Waals surface area contributed by atoms with Crippen LogP contribution in [0.4, 0.5) is 0 Å². The molecule has 1 aliphatic rings. The Hall–Kier alpha value is -1.34. The molecule has 0 aromatic carbocycles. The van der Waals surface area contributed by atoms with Crippen molar-refractivity contribution < 1.29 is 0 Å². The molecule has 0 aliphatic carbocycles. The monoisotopic (exact) mass is 205 g/mol. The molecule has 0 spiro atoms. The van der Waals surface area contributed by atoms with Crippen molar-refractivity contribution in [3.63, 3.8) is 0 Å². The van der Waals surface area contributed by atoms with Crippen LogP contribution in [0.2, 0.25) is 0 Å². The zero-order chi connectivity index (χ0) is 10.9. The Bertz CT molecular complexity index is 285. The number of nitrogens with zero attached hydrogens (tertiary/aromatic N) is 2. The molecule has 1 heterocycles. The van der Waals surface area contributed by atoms with Gasteiger partial charge in [-0.05, 0) is 12.5 Å². The molecule has 0 unspecified atom stereocenters. The van der Waals surface area contributed by atoms with Crippen LogP contribution in [0, 0.1) is 5.41 Å². The number of nitrogens with one attached hydrogen (secondary N) is 1. The lowest BCUT2D eigenvalue weighted by atomic mass is 10.1. The first-order chi connectivity index (χ1) is 7.38. The molecule has 0 aromatic rings. The normalized spacial score (nSPS) is 14.5. The number of hydrogen-bond donors (Lipinski definition) is 1. The Morgan fingerprint density at radius 1 is 1.33 bits per heavy atom. The molecular weight excluding hydrogens is 186 g/mol. The van der Waals surface area contributed by atoms with Crippen LogP contribution in [0.25, 0.3) is 0 Å². The van der Waals surface area contributed by atoms with Gasteiger partial charge in [0, 0.05) is 24.8 Å². The number of allylic oxidation sites excluding steroid dienone is 1. The molecule has 0 saturated carbocycles. The second kappa shape index (κ2) is 7.02. The van der Waals surface area contributed by atoms with E-state index in [1.165, 1.54) is 25.7 Å². The summed E-state index contributed by atoms with van der Waals surface area (Å²) in [7, 11) is 0. The zero-order valence-electron chi connectivity index (χ0n) is 9.37. The van der Waals surface area contributed by atoms with Crippen molar-refractivity contribution in [1.82, 2.24) is 4.90 Å². The summed E-state index contributed by atoms with van der Waals surface area (Å²) >= 11 is 0. The molecule has 0 radical (unpaired) electrons. The second-order valence-electron chi connectivity index (χ2n) is 3.68. The van der Waals surface area contributed by atoms with Crippen LogP contribution in [-0.2, 0) is 0 Å². The largest absolute Gasteiger partial charge is 0.325 e. The fourth-order valence-corrected chi connectivity index (χ4v) is 1.57. The maximum absolute atomic E-state index is 7.10. The van der Waals surface area contributed by atoms with Crippen molar-refractivity contribution in [2.24, 2.45) is 4.99 Å². The fraction of sp³-hybridized carbons (Fsp3) is 0.583. The van der Waals surface area contributed by atoms with Crippen molar-refractivity contribution in [2.75, 3.05) is 6.54 Å². The van der Waals surface area contributed by atoms with Crippen molar-refractivity contribution >= 4 is 12.1 Å². The number of hydrogen-bond acceptors (Lipinski definition) is 3. The molecule has 0 atom stereocenters. The van der Waals surface area contributed by atoms with Gasteiger partial charge < -0.3 is 4.90 Å². The first-order valence-electron chi connectivity index (χ1n) is 5.65. The van der Waals surface area contributed by atoms with E-state index in [2.05, 4.69) is 17.8 Å². The van der Waals surface area contributed by atoms with Crippen molar-refractivity contribution in [3.8, 4) is 0 Å². The lowest BCUT2D eigenvalue weighted by Gasteiger charge is -2.20. The highest BCUT2D eigenvalue weighted by Gasteiger charge is 2.06. The minimum atomic E-state index is 0.619. The Morgan fingerprint density at radius 2 is 2.13 bits per heavy atom. The summed E-state index contributed by atoms with van der Waals surface area (Å²) in [6.45, 7) is 3.16. The maximum Gasteiger partial charge on any atom is 0.195 e. The molecule has 0 amide bonds. The molecule has 3 nitrogen and oxygen atoms in total. The van der Waals surface area contributed by atoms with Gasteiger partial charge in [0.1, 0.15) is 0 Å². The average Bonchev–Trinajstić information content (AvgIpc) is 2.29. The highest BCUT2D eigenvalue weighted by Crippen LogP contribution is 2.10. The Labute approximate surface area is 91.7 Å². The van der Waals surface area contributed by atoms with Gasteiger partial charge in [0.25, 0.3) is 0 Å². The molecular formula is C12H19N3. The first kappa shape index (κ1) is 11.7. The van der Waals surface area contributed by atoms with Crippen LogP contribution < -0.4 is 0 Å². The van der Waals surface area contributed by atoms with E-state index in [1.54, 1.807) is 6.21 Å². The number of unbranched alkanes of at least 4 members (excludes halogenated alkanes) is 4. The van der Waals surface area contributed by atoms with E-state index in [9.17, 15) is 0 Å². The SMILES string of the molecule is CCCCCCCN1C=CC=NC1=C=N. The molecule has 1 rings (SSSR count). The van der Waals surface area contributed by atoms with Crippen LogP contribution in [0.3, 0.4) is 0 Å². The van der Waals surface area contributed by atoms with E-state index >= 15 is 0 Å². The van der Waals surface area contributed by atoms with E-state index in [0.29, 0.717) is 5.82 Å². The highest BCUT2D eigenvalue weighted by molar-refractivity contribution is 5.75. The summed E-state index contributed by atoms with van der Waals surface area (Å²) < 4.78 is 0. The highest BCUT2D eigenvalue weighted by atomic mass is 15.2. The molecule has 0 fully saturated rings. The fourth-order valence-electron chi connectivity index (χ4n) is 1.57. The smallest absolute Gasteiger partial charge is 0.195 e. The number of aliphatic imine (C=N–C) groups is 1.